The Balaban J connectivity index is 2.67. The zero-order chi connectivity index (χ0) is 12.3. The first-order chi connectivity index (χ1) is 7.47. The molecule has 8 heteroatoms. The fourth-order valence-corrected chi connectivity index (χ4v) is 1.79. The standard InChI is InChI=1S/C8H18N4O4/c9-8(10)12-11-4-1-3(2-13)5(14)7(16)6(4)15/h3-7,11,13-16H,1-2H2,(H4,9,10,12). The van der Waals surface area contributed by atoms with Crippen molar-refractivity contribution >= 4 is 5.96 Å². The van der Waals surface area contributed by atoms with Crippen LogP contribution in [0.5, 0.6) is 0 Å². The summed E-state index contributed by atoms with van der Waals surface area (Å²) in [7, 11) is 0. The van der Waals surface area contributed by atoms with Gasteiger partial charge in [-0.3, -0.25) is 0 Å². The highest BCUT2D eigenvalue weighted by Crippen LogP contribution is 2.25. The molecule has 1 aliphatic rings. The van der Waals surface area contributed by atoms with Crippen molar-refractivity contribution < 1.29 is 20.4 Å². The molecule has 0 spiro atoms. The van der Waals surface area contributed by atoms with Gasteiger partial charge in [-0.15, -0.1) is 5.10 Å². The van der Waals surface area contributed by atoms with Crippen molar-refractivity contribution in [2.75, 3.05) is 6.61 Å². The van der Waals surface area contributed by atoms with Gasteiger partial charge in [0.25, 0.3) is 0 Å². The SMILES string of the molecule is NC(N)=NNC1CC(CO)C(O)C(O)C1O. The first-order valence-corrected chi connectivity index (χ1v) is 4.96. The van der Waals surface area contributed by atoms with Crippen molar-refractivity contribution in [2.24, 2.45) is 22.5 Å². The Bertz CT molecular complexity index is 256. The van der Waals surface area contributed by atoms with E-state index in [0.29, 0.717) is 0 Å². The first-order valence-electron chi connectivity index (χ1n) is 4.96. The van der Waals surface area contributed by atoms with Gasteiger partial charge in [0, 0.05) is 12.5 Å². The zero-order valence-corrected chi connectivity index (χ0v) is 8.69. The number of guanidine groups is 1. The predicted molar refractivity (Wildman–Crippen MR) is 55.9 cm³/mol. The lowest BCUT2D eigenvalue weighted by Crippen LogP contribution is -2.58. The monoisotopic (exact) mass is 234 g/mol. The second kappa shape index (κ2) is 5.30. The molecule has 1 saturated carbocycles. The highest BCUT2D eigenvalue weighted by molar-refractivity contribution is 5.75. The minimum atomic E-state index is -1.34. The summed E-state index contributed by atoms with van der Waals surface area (Å²) in [6.45, 7) is -0.287. The summed E-state index contributed by atoms with van der Waals surface area (Å²) >= 11 is 0. The molecule has 0 radical (unpaired) electrons. The van der Waals surface area contributed by atoms with Crippen LogP contribution in [0.25, 0.3) is 0 Å². The van der Waals surface area contributed by atoms with Crippen LogP contribution in [0.3, 0.4) is 0 Å². The molecule has 0 aromatic rings. The molecule has 94 valence electrons. The van der Waals surface area contributed by atoms with Crippen LogP contribution >= 0.6 is 0 Å². The summed E-state index contributed by atoms with van der Waals surface area (Å²) < 4.78 is 0. The minimum Gasteiger partial charge on any atom is -0.396 e. The summed E-state index contributed by atoms with van der Waals surface area (Å²) in [6.07, 6.45) is -3.43. The number of rotatable bonds is 3. The van der Waals surface area contributed by atoms with E-state index in [0.717, 1.165) is 0 Å². The van der Waals surface area contributed by atoms with Gasteiger partial charge < -0.3 is 37.3 Å². The van der Waals surface area contributed by atoms with E-state index in [1.54, 1.807) is 0 Å². The van der Waals surface area contributed by atoms with Crippen LogP contribution in [0, 0.1) is 5.92 Å². The third-order valence-corrected chi connectivity index (χ3v) is 2.75. The summed E-state index contributed by atoms with van der Waals surface area (Å²) in [5, 5.41) is 41.2. The first kappa shape index (κ1) is 13.0. The summed E-state index contributed by atoms with van der Waals surface area (Å²) in [5.41, 5.74) is 12.7. The average molecular weight is 234 g/mol. The second-order valence-electron chi connectivity index (χ2n) is 3.92. The molecule has 9 N–H and O–H groups in total. The molecule has 5 atom stereocenters. The second-order valence-corrected chi connectivity index (χ2v) is 3.92. The normalized spacial score (nSPS) is 39.1. The lowest BCUT2D eigenvalue weighted by atomic mass is 9.80. The number of nitrogens with zero attached hydrogens (tertiary/aromatic N) is 1. The lowest BCUT2D eigenvalue weighted by Gasteiger charge is -2.39. The van der Waals surface area contributed by atoms with Crippen molar-refractivity contribution in [1.82, 2.24) is 5.43 Å². The highest BCUT2D eigenvalue weighted by atomic mass is 16.4. The van der Waals surface area contributed by atoms with Gasteiger partial charge in [0.15, 0.2) is 0 Å². The number of hydrogen-bond donors (Lipinski definition) is 7. The molecule has 0 amide bonds. The maximum absolute atomic E-state index is 9.63. The molecule has 16 heavy (non-hydrogen) atoms. The molecule has 0 bridgehead atoms. The van der Waals surface area contributed by atoms with Crippen LogP contribution in [0.15, 0.2) is 5.10 Å². The molecule has 8 nitrogen and oxygen atoms in total. The molecule has 0 saturated heterocycles. The summed E-state index contributed by atoms with van der Waals surface area (Å²) in [5.74, 6) is -0.724. The van der Waals surface area contributed by atoms with Crippen molar-refractivity contribution in [3.63, 3.8) is 0 Å². The Morgan fingerprint density at radius 3 is 2.31 bits per heavy atom. The Hall–Kier alpha value is -1.09. The van der Waals surface area contributed by atoms with Crippen molar-refractivity contribution in [3.8, 4) is 0 Å². The van der Waals surface area contributed by atoms with Gasteiger partial charge in [0.1, 0.15) is 12.2 Å². The smallest absolute Gasteiger partial charge is 0.208 e. The van der Waals surface area contributed by atoms with Crippen LogP contribution in [0.1, 0.15) is 6.42 Å². The Morgan fingerprint density at radius 1 is 1.19 bits per heavy atom. The molecular weight excluding hydrogens is 216 g/mol. The van der Waals surface area contributed by atoms with Crippen LogP contribution in [0.4, 0.5) is 0 Å². The van der Waals surface area contributed by atoms with E-state index in [9.17, 15) is 15.3 Å². The Labute approximate surface area is 92.6 Å². The van der Waals surface area contributed by atoms with E-state index in [4.69, 9.17) is 16.6 Å². The third kappa shape index (κ3) is 2.73. The van der Waals surface area contributed by atoms with Crippen molar-refractivity contribution in [3.05, 3.63) is 0 Å². The van der Waals surface area contributed by atoms with Crippen LogP contribution < -0.4 is 16.9 Å². The minimum absolute atomic E-state index is 0.201. The highest BCUT2D eigenvalue weighted by Gasteiger charge is 2.42. The molecule has 1 fully saturated rings. The van der Waals surface area contributed by atoms with E-state index in [-0.39, 0.29) is 19.0 Å². The predicted octanol–water partition coefficient (Wildman–Crippen LogP) is -3.77. The molecule has 5 unspecified atom stereocenters. The fraction of sp³-hybridized carbons (Fsp3) is 0.875. The summed E-state index contributed by atoms with van der Waals surface area (Å²) in [4.78, 5) is 0. The van der Waals surface area contributed by atoms with Gasteiger partial charge >= 0.3 is 0 Å². The molecule has 1 aliphatic carbocycles. The van der Waals surface area contributed by atoms with E-state index in [2.05, 4.69) is 10.5 Å². The maximum Gasteiger partial charge on any atom is 0.208 e. The zero-order valence-electron chi connectivity index (χ0n) is 8.69. The molecule has 0 aromatic heterocycles. The average Bonchev–Trinajstić information content (AvgIpc) is 2.25. The van der Waals surface area contributed by atoms with E-state index in [1.807, 2.05) is 0 Å². The van der Waals surface area contributed by atoms with Gasteiger partial charge in [-0.05, 0) is 6.42 Å². The van der Waals surface area contributed by atoms with Gasteiger partial charge in [0.2, 0.25) is 5.96 Å². The largest absolute Gasteiger partial charge is 0.396 e. The topological polar surface area (TPSA) is 157 Å². The number of hydrazone groups is 1. The van der Waals surface area contributed by atoms with Gasteiger partial charge in [-0.2, -0.15) is 0 Å². The molecule has 0 aromatic carbocycles. The molecular formula is C8H18N4O4. The molecule has 1 rings (SSSR count). The Morgan fingerprint density at radius 2 is 1.81 bits per heavy atom. The Kier molecular flexibility index (Phi) is 4.30. The van der Waals surface area contributed by atoms with Crippen LogP contribution in [-0.4, -0.2) is 57.3 Å². The number of nitrogens with two attached hydrogens (primary N) is 2. The van der Waals surface area contributed by atoms with Crippen molar-refractivity contribution in [2.45, 2.75) is 30.8 Å². The lowest BCUT2D eigenvalue weighted by molar-refractivity contribution is -0.130. The maximum atomic E-state index is 9.63. The van der Waals surface area contributed by atoms with Crippen molar-refractivity contribution in [1.29, 1.82) is 0 Å². The van der Waals surface area contributed by atoms with Gasteiger partial charge in [0.05, 0.1) is 12.1 Å². The number of aliphatic hydroxyl groups excluding tert-OH is 4. The van der Waals surface area contributed by atoms with E-state index >= 15 is 0 Å². The van der Waals surface area contributed by atoms with Crippen LogP contribution in [-0.2, 0) is 0 Å². The van der Waals surface area contributed by atoms with Crippen LogP contribution in [0.2, 0.25) is 0 Å². The van der Waals surface area contributed by atoms with Gasteiger partial charge in [-0.1, -0.05) is 0 Å². The third-order valence-electron chi connectivity index (χ3n) is 2.75. The van der Waals surface area contributed by atoms with Gasteiger partial charge in [-0.25, -0.2) is 0 Å². The molecule has 0 aliphatic heterocycles. The van der Waals surface area contributed by atoms with E-state index < -0.39 is 30.3 Å². The number of hydrogen-bond acceptors (Lipinski definition) is 6. The fourth-order valence-electron chi connectivity index (χ4n) is 1.79. The summed E-state index contributed by atoms with van der Waals surface area (Å²) in [6, 6.07) is -0.613. The molecule has 0 heterocycles. The number of nitrogens with one attached hydrogen (secondary N) is 1. The quantitative estimate of drug-likeness (QED) is 0.150. The van der Waals surface area contributed by atoms with E-state index in [1.165, 1.54) is 0 Å². The number of aliphatic hydroxyl groups is 4.